The molecule has 0 heterocycles. The van der Waals surface area contributed by atoms with Crippen molar-refractivity contribution in [3.05, 3.63) is 83.9 Å². The number of quaternary nitrogens is 1. The number of benzene rings is 4. The molecule has 4 aromatic carbocycles. The monoisotopic (exact) mass is 516 g/mol. The number of methoxy groups -OCH3 is 2. The molecule has 4 rings (SSSR count). The third kappa shape index (κ3) is 5.69. The summed E-state index contributed by atoms with van der Waals surface area (Å²) in [5.41, 5.74) is 1.82. The number of nitrogens with one attached hydrogen (secondary N) is 1. The fourth-order valence-electron chi connectivity index (χ4n) is 5.49. The Morgan fingerprint density at radius 1 is 0.865 bits per heavy atom. The number of halogens is 1. The van der Waals surface area contributed by atoms with Crippen LogP contribution < -0.4 is 26.8 Å². The molecule has 0 saturated carbocycles. The van der Waals surface area contributed by atoms with Gasteiger partial charge in [-0.15, -0.1) is 0 Å². The van der Waals surface area contributed by atoms with Gasteiger partial charge < -0.3 is 26.8 Å². The summed E-state index contributed by atoms with van der Waals surface area (Å²) in [7, 11) is 5.53. The zero-order valence-electron chi connectivity index (χ0n) is 22.5. The first-order valence-corrected chi connectivity index (χ1v) is 12.8. The van der Waals surface area contributed by atoms with Crippen molar-refractivity contribution in [2.24, 2.45) is 5.92 Å². The molecule has 0 amide bonds. The molecule has 0 aromatic heterocycles. The maximum atomic E-state index is 10.4. The summed E-state index contributed by atoms with van der Waals surface area (Å²) in [5.74, 6) is 1.52. The van der Waals surface area contributed by atoms with E-state index in [0.29, 0.717) is 11.5 Å². The first-order valence-electron chi connectivity index (χ1n) is 12.8. The van der Waals surface area contributed by atoms with Gasteiger partial charge in [0.25, 0.3) is 0 Å². The molecule has 0 aliphatic heterocycles. The second-order valence-corrected chi connectivity index (χ2v) is 10.1. The Morgan fingerprint density at radius 3 is 2.00 bits per heavy atom. The molecule has 5 heteroatoms. The third-order valence-corrected chi connectivity index (χ3v) is 7.62. The van der Waals surface area contributed by atoms with Crippen LogP contribution in [0, 0.1) is 17.2 Å². The molecule has 0 fully saturated rings. The zero-order chi connectivity index (χ0) is 25.7. The average molecular weight is 517 g/mol. The second kappa shape index (κ2) is 12.3. The van der Waals surface area contributed by atoms with Crippen LogP contribution in [-0.4, -0.2) is 27.8 Å². The van der Waals surface area contributed by atoms with Crippen LogP contribution in [-0.2, 0) is 12.0 Å². The molecule has 0 bridgehead atoms. The molecule has 4 aromatic rings. The minimum Gasteiger partial charge on any atom is -1.00 e. The van der Waals surface area contributed by atoms with E-state index in [1.807, 2.05) is 18.2 Å². The Hall–Kier alpha value is -3.26. The van der Waals surface area contributed by atoms with Crippen molar-refractivity contribution < 1.29 is 26.8 Å². The van der Waals surface area contributed by atoms with Crippen molar-refractivity contribution in [3.8, 4) is 17.6 Å². The van der Waals surface area contributed by atoms with Crippen molar-refractivity contribution in [2.45, 2.75) is 38.6 Å². The molecule has 0 radical (unpaired) electrons. The average Bonchev–Trinajstić information content (AvgIpc) is 2.90. The zero-order valence-corrected chi connectivity index (χ0v) is 23.2. The molecular weight excluding hydrogens is 480 g/mol. The summed E-state index contributed by atoms with van der Waals surface area (Å²) in [6.45, 7) is 6.21. The molecule has 2 atom stereocenters. The Balaban J connectivity index is 0.00000380. The van der Waals surface area contributed by atoms with Crippen LogP contribution in [0.4, 0.5) is 0 Å². The van der Waals surface area contributed by atoms with Crippen molar-refractivity contribution >= 4 is 21.5 Å². The number of hydrogen-bond acceptors (Lipinski definition) is 3. The third-order valence-electron chi connectivity index (χ3n) is 7.62. The smallest absolute Gasteiger partial charge is 0.161 e. The molecule has 2 unspecified atom stereocenters. The van der Waals surface area contributed by atoms with Crippen LogP contribution in [0.15, 0.2) is 72.8 Å². The number of fused-ring (bicyclic) bond motifs is 2. The van der Waals surface area contributed by atoms with Gasteiger partial charge in [-0.1, -0.05) is 68.4 Å². The quantitative estimate of drug-likeness (QED) is 0.330. The van der Waals surface area contributed by atoms with Crippen molar-refractivity contribution in [1.82, 2.24) is 0 Å². The predicted molar refractivity (Wildman–Crippen MR) is 148 cm³/mol. The summed E-state index contributed by atoms with van der Waals surface area (Å²) in [6, 6.07) is 28.2. The Bertz CT molecular complexity index is 1340. The maximum Gasteiger partial charge on any atom is 0.161 e. The van der Waals surface area contributed by atoms with E-state index in [2.05, 4.69) is 81.6 Å². The lowest BCUT2D eigenvalue weighted by atomic mass is 9.69. The summed E-state index contributed by atoms with van der Waals surface area (Å²) in [6.07, 6.45) is 1.75. The standard InChI is InChI=1S/C32H36N2O2.ClH/c1-23(2)32(22-33,26-15-16-30(35-4)31(20-26)36-5)17-10-18-34(3)21-29-27-13-8-6-11-24(27)19-25-12-7-9-14-28(25)29;/h6-9,11-16,19-20,23H,10,17-18,21H2,1-5H3;1H. The molecule has 0 aliphatic carbocycles. The van der Waals surface area contributed by atoms with Crippen LogP contribution in [0.3, 0.4) is 0 Å². The molecule has 194 valence electrons. The van der Waals surface area contributed by atoms with Crippen molar-refractivity contribution in [3.63, 3.8) is 0 Å². The highest BCUT2D eigenvalue weighted by Crippen LogP contribution is 2.40. The first-order chi connectivity index (χ1) is 17.4. The fourth-order valence-corrected chi connectivity index (χ4v) is 5.49. The van der Waals surface area contributed by atoms with Gasteiger partial charge in [0.05, 0.1) is 39.3 Å². The SMILES string of the molecule is COc1ccc(C(C#N)(CCC[NH+](C)Cc2c3ccccc3cc3ccccc23)C(C)C)cc1OC.[Cl-]. The summed E-state index contributed by atoms with van der Waals surface area (Å²) < 4.78 is 11.0. The van der Waals surface area contributed by atoms with E-state index in [9.17, 15) is 5.26 Å². The van der Waals surface area contributed by atoms with E-state index >= 15 is 0 Å². The van der Waals surface area contributed by atoms with E-state index in [4.69, 9.17) is 9.47 Å². The first kappa shape index (κ1) is 28.3. The van der Waals surface area contributed by atoms with E-state index in [0.717, 1.165) is 31.5 Å². The topological polar surface area (TPSA) is 46.7 Å². The van der Waals surface area contributed by atoms with Crippen LogP contribution >= 0.6 is 0 Å². The number of hydrogen-bond donors (Lipinski definition) is 1. The van der Waals surface area contributed by atoms with Gasteiger partial charge in [0, 0.05) is 5.56 Å². The van der Waals surface area contributed by atoms with E-state index in [-0.39, 0.29) is 18.3 Å². The van der Waals surface area contributed by atoms with Gasteiger partial charge in [-0.25, -0.2) is 0 Å². The van der Waals surface area contributed by atoms with Gasteiger partial charge in [-0.05, 0) is 64.1 Å². The predicted octanol–water partition coefficient (Wildman–Crippen LogP) is 2.93. The lowest BCUT2D eigenvalue weighted by Gasteiger charge is -2.32. The van der Waals surface area contributed by atoms with Gasteiger partial charge in [-0.2, -0.15) is 5.26 Å². The van der Waals surface area contributed by atoms with Gasteiger partial charge in [0.15, 0.2) is 11.5 Å². The lowest BCUT2D eigenvalue weighted by molar-refractivity contribution is -0.893. The molecular formula is C32H37ClN2O2. The number of nitrogens with zero attached hydrogens (tertiary/aromatic N) is 1. The normalized spacial score (nSPS) is 13.5. The minimum atomic E-state index is -0.577. The van der Waals surface area contributed by atoms with E-state index in [1.165, 1.54) is 32.0 Å². The Morgan fingerprint density at radius 2 is 1.46 bits per heavy atom. The summed E-state index contributed by atoms with van der Waals surface area (Å²) >= 11 is 0. The van der Waals surface area contributed by atoms with Crippen LogP contribution in [0.1, 0.15) is 37.8 Å². The number of rotatable bonds is 10. The molecule has 4 nitrogen and oxygen atoms in total. The van der Waals surface area contributed by atoms with Gasteiger partial charge >= 0.3 is 0 Å². The van der Waals surface area contributed by atoms with Gasteiger partial charge in [0.2, 0.25) is 0 Å². The van der Waals surface area contributed by atoms with Crippen LogP contribution in [0.5, 0.6) is 11.5 Å². The highest BCUT2D eigenvalue weighted by atomic mass is 35.5. The van der Waals surface area contributed by atoms with Crippen LogP contribution in [0.25, 0.3) is 21.5 Å². The molecule has 1 N–H and O–H groups in total. The molecule has 0 aliphatic rings. The second-order valence-electron chi connectivity index (χ2n) is 10.1. The Kier molecular flexibility index (Phi) is 9.43. The van der Waals surface area contributed by atoms with E-state index < -0.39 is 5.41 Å². The van der Waals surface area contributed by atoms with Gasteiger partial charge in [-0.3, -0.25) is 0 Å². The molecule has 0 saturated heterocycles. The molecule has 0 spiro atoms. The number of ether oxygens (including phenoxy) is 2. The largest absolute Gasteiger partial charge is 1.00 e. The fraction of sp³-hybridized carbons (Fsp3) is 0.344. The van der Waals surface area contributed by atoms with E-state index in [1.54, 1.807) is 14.2 Å². The summed E-state index contributed by atoms with van der Waals surface area (Å²) in [4.78, 5) is 1.44. The van der Waals surface area contributed by atoms with Crippen LogP contribution in [0.2, 0.25) is 0 Å². The minimum absolute atomic E-state index is 0. The number of nitriles is 1. The highest BCUT2D eigenvalue weighted by Gasteiger charge is 2.36. The van der Waals surface area contributed by atoms with Crippen molar-refractivity contribution in [1.29, 1.82) is 5.26 Å². The lowest BCUT2D eigenvalue weighted by Crippen LogP contribution is -3.07. The van der Waals surface area contributed by atoms with Crippen molar-refractivity contribution in [2.75, 3.05) is 27.8 Å². The maximum absolute atomic E-state index is 10.4. The molecule has 37 heavy (non-hydrogen) atoms. The highest BCUT2D eigenvalue weighted by molar-refractivity contribution is 6.02. The van der Waals surface area contributed by atoms with Gasteiger partial charge in [0.1, 0.15) is 6.54 Å². The summed E-state index contributed by atoms with van der Waals surface area (Å²) in [5, 5.41) is 15.6. The Labute approximate surface area is 227 Å².